The SMILES string of the molecule is CS(=O)(=O)N1CC(c2ccccc2)CC(S(=O)(=O)c2ccc(C(N)OC(=O)C(F)(F)F)cc2)C1. The Bertz CT molecular complexity index is 1230. The van der Waals surface area contributed by atoms with E-state index >= 15 is 0 Å². The minimum atomic E-state index is -5.22. The average Bonchev–Trinajstić information content (AvgIpc) is 2.78. The molecule has 34 heavy (non-hydrogen) atoms. The van der Waals surface area contributed by atoms with E-state index in [4.69, 9.17) is 5.73 Å². The lowest BCUT2D eigenvalue weighted by atomic mass is 9.91. The van der Waals surface area contributed by atoms with Crippen LogP contribution >= 0.6 is 0 Å². The molecule has 3 atom stereocenters. The van der Waals surface area contributed by atoms with E-state index in [2.05, 4.69) is 4.74 Å². The summed E-state index contributed by atoms with van der Waals surface area (Å²) in [4.78, 5) is 10.8. The van der Waals surface area contributed by atoms with Crippen molar-refractivity contribution in [3.8, 4) is 0 Å². The number of ether oxygens (including phenoxy) is 1. The summed E-state index contributed by atoms with van der Waals surface area (Å²) in [6.07, 6.45) is -5.77. The number of esters is 1. The molecule has 2 aromatic carbocycles. The van der Waals surface area contributed by atoms with E-state index < -0.39 is 43.5 Å². The van der Waals surface area contributed by atoms with Crippen molar-refractivity contribution in [1.29, 1.82) is 0 Å². The summed E-state index contributed by atoms with van der Waals surface area (Å²) >= 11 is 0. The van der Waals surface area contributed by atoms with Crippen molar-refractivity contribution in [3.63, 3.8) is 0 Å². The van der Waals surface area contributed by atoms with Crippen molar-refractivity contribution >= 4 is 25.8 Å². The minimum Gasteiger partial charge on any atom is -0.436 e. The second kappa shape index (κ2) is 9.64. The highest BCUT2D eigenvalue weighted by Gasteiger charge is 2.42. The van der Waals surface area contributed by atoms with Crippen LogP contribution in [-0.2, 0) is 29.4 Å². The molecule has 0 aromatic heterocycles. The van der Waals surface area contributed by atoms with Gasteiger partial charge < -0.3 is 4.74 Å². The number of hydrogen-bond donors (Lipinski definition) is 1. The molecule has 1 aliphatic rings. The largest absolute Gasteiger partial charge is 0.490 e. The van der Waals surface area contributed by atoms with E-state index in [1.165, 1.54) is 0 Å². The van der Waals surface area contributed by atoms with Gasteiger partial charge in [-0.2, -0.15) is 13.2 Å². The molecule has 3 rings (SSSR count). The summed E-state index contributed by atoms with van der Waals surface area (Å²) in [6.45, 7) is -0.0812. The minimum absolute atomic E-state index is 0.0416. The molecule has 1 heterocycles. The third-order valence-electron chi connectivity index (χ3n) is 5.56. The monoisotopic (exact) mass is 520 g/mol. The van der Waals surface area contributed by atoms with Gasteiger partial charge in [0, 0.05) is 18.7 Å². The molecule has 8 nitrogen and oxygen atoms in total. The Morgan fingerprint density at radius 1 is 1.03 bits per heavy atom. The molecular formula is C21H23F3N2O6S2. The summed E-state index contributed by atoms with van der Waals surface area (Å²) in [5, 5.41) is -1.05. The van der Waals surface area contributed by atoms with Gasteiger partial charge in [-0.3, -0.25) is 5.73 Å². The number of carbonyl (C=O) groups is 1. The number of alkyl halides is 3. The summed E-state index contributed by atoms with van der Waals surface area (Å²) in [6, 6.07) is 13.5. The van der Waals surface area contributed by atoms with Crippen LogP contribution < -0.4 is 5.73 Å². The molecule has 1 aliphatic heterocycles. The molecule has 2 N–H and O–H groups in total. The lowest BCUT2D eigenvalue weighted by Gasteiger charge is -2.36. The number of piperidine rings is 1. The highest BCUT2D eigenvalue weighted by Crippen LogP contribution is 2.34. The number of sulfonamides is 1. The number of nitrogens with zero attached hydrogens (tertiary/aromatic N) is 1. The molecule has 0 bridgehead atoms. The quantitative estimate of drug-likeness (QED) is 0.458. The number of halogens is 3. The lowest BCUT2D eigenvalue weighted by molar-refractivity contribution is -0.205. The van der Waals surface area contributed by atoms with E-state index in [1.807, 2.05) is 0 Å². The van der Waals surface area contributed by atoms with Crippen LogP contribution in [0.25, 0.3) is 0 Å². The van der Waals surface area contributed by atoms with E-state index in [0.717, 1.165) is 40.4 Å². The molecule has 0 spiro atoms. The number of benzene rings is 2. The Morgan fingerprint density at radius 3 is 2.15 bits per heavy atom. The first-order chi connectivity index (χ1) is 15.7. The molecular weight excluding hydrogens is 497 g/mol. The smallest absolute Gasteiger partial charge is 0.436 e. The second-order valence-electron chi connectivity index (χ2n) is 7.98. The van der Waals surface area contributed by atoms with Gasteiger partial charge in [-0.05, 0) is 30.0 Å². The van der Waals surface area contributed by atoms with Crippen molar-refractivity contribution in [2.24, 2.45) is 5.73 Å². The van der Waals surface area contributed by atoms with Gasteiger partial charge in [0.2, 0.25) is 10.0 Å². The first-order valence-corrected chi connectivity index (χ1v) is 13.5. The van der Waals surface area contributed by atoms with Crippen LogP contribution in [0.2, 0.25) is 0 Å². The van der Waals surface area contributed by atoms with Crippen molar-refractivity contribution in [2.75, 3.05) is 19.3 Å². The normalized spacial score (nSPS) is 21.1. The van der Waals surface area contributed by atoms with Crippen LogP contribution in [0.3, 0.4) is 0 Å². The summed E-state index contributed by atoms with van der Waals surface area (Å²) < 4.78 is 93.6. The zero-order valence-corrected chi connectivity index (χ0v) is 19.6. The lowest BCUT2D eigenvalue weighted by Crippen LogP contribution is -2.47. The van der Waals surface area contributed by atoms with E-state index in [1.54, 1.807) is 30.3 Å². The van der Waals surface area contributed by atoms with Crippen LogP contribution in [-0.4, -0.2) is 57.9 Å². The van der Waals surface area contributed by atoms with Crippen LogP contribution in [0.15, 0.2) is 59.5 Å². The van der Waals surface area contributed by atoms with Crippen molar-refractivity contribution in [3.05, 3.63) is 65.7 Å². The van der Waals surface area contributed by atoms with Gasteiger partial charge >= 0.3 is 12.1 Å². The number of nitrogens with two attached hydrogens (primary N) is 1. The van der Waals surface area contributed by atoms with E-state index in [-0.39, 0.29) is 35.9 Å². The van der Waals surface area contributed by atoms with E-state index in [9.17, 15) is 34.8 Å². The van der Waals surface area contributed by atoms with Gasteiger partial charge in [0.05, 0.1) is 16.4 Å². The Morgan fingerprint density at radius 2 is 1.62 bits per heavy atom. The fraction of sp³-hybridized carbons (Fsp3) is 0.381. The molecule has 0 saturated carbocycles. The zero-order chi connectivity index (χ0) is 25.3. The van der Waals surface area contributed by atoms with Gasteiger partial charge in [0.1, 0.15) is 0 Å². The van der Waals surface area contributed by atoms with Gasteiger partial charge in [-0.1, -0.05) is 42.5 Å². The first kappa shape index (κ1) is 26.1. The first-order valence-electron chi connectivity index (χ1n) is 10.1. The predicted octanol–water partition coefficient (Wildman–Crippen LogP) is 2.34. The molecule has 1 saturated heterocycles. The number of sulfone groups is 1. The third-order valence-corrected chi connectivity index (χ3v) is 8.94. The van der Waals surface area contributed by atoms with Crippen molar-refractivity contribution in [1.82, 2.24) is 4.31 Å². The van der Waals surface area contributed by atoms with Crippen LogP contribution in [0.4, 0.5) is 13.2 Å². The third kappa shape index (κ3) is 5.95. The van der Waals surface area contributed by atoms with Crippen molar-refractivity contribution in [2.45, 2.75) is 34.9 Å². The molecule has 0 amide bonds. The molecule has 2 aromatic rings. The Kier molecular flexibility index (Phi) is 7.41. The highest BCUT2D eigenvalue weighted by atomic mass is 32.2. The standard InChI is InChI=1S/C21H23F3N2O6S2/c1-33(28,29)26-12-16(14-5-3-2-4-6-14)11-18(13-26)34(30,31)17-9-7-15(8-10-17)19(25)32-20(27)21(22,23)24/h2-10,16,18-19H,11-13,25H2,1H3. The summed E-state index contributed by atoms with van der Waals surface area (Å²) in [5.74, 6) is -2.81. The van der Waals surface area contributed by atoms with Gasteiger partial charge in [0.15, 0.2) is 16.1 Å². The second-order valence-corrected chi connectivity index (χ2v) is 12.2. The van der Waals surface area contributed by atoms with Gasteiger partial charge in [-0.15, -0.1) is 0 Å². The maximum Gasteiger partial charge on any atom is 0.490 e. The van der Waals surface area contributed by atoms with Gasteiger partial charge in [-0.25, -0.2) is 25.9 Å². The fourth-order valence-electron chi connectivity index (χ4n) is 3.77. The number of rotatable bonds is 6. The molecule has 186 valence electrons. The Labute approximate surface area is 195 Å². The number of hydrogen-bond acceptors (Lipinski definition) is 7. The van der Waals surface area contributed by atoms with Crippen molar-refractivity contribution < 1.29 is 39.5 Å². The van der Waals surface area contributed by atoms with Crippen LogP contribution in [0.5, 0.6) is 0 Å². The molecule has 13 heteroatoms. The molecule has 0 aliphatic carbocycles. The summed E-state index contributed by atoms with van der Waals surface area (Å²) in [5.41, 5.74) is 6.24. The molecule has 1 fully saturated rings. The van der Waals surface area contributed by atoms with Crippen LogP contribution in [0.1, 0.15) is 29.7 Å². The number of carbonyl (C=O) groups excluding carboxylic acids is 1. The predicted molar refractivity (Wildman–Crippen MR) is 117 cm³/mol. The zero-order valence-electron chi connectivity index (χ0n) is 18.0. The topological polar surface area (TPSA) is 124 Å². The molecule has 3 unspecified atom stereocenters. The van der Waals surface area contributed by atoms with Gasteiger partial charge in [0.25, 0.3) is 0 Å². The maximum absolute atomic E-state index is 13.3. The average molecular weight is 521 g/mol. The Hall–Kier alpha value is -2.48. The molecule has 0 radical (unpaired) electrons. The Balaban J connectivity index is 1.85. The van der Waals surface area contributed by atoms with E-state index in [0.29, 0.717) is 0 Å². The fourth-order valence-corrected chi connectivity index (χ4v) is 6.52. The maximum atomic E-state index is 13.3. The van der Waals surface area contributed by atoms with Crippen LogP contribution in [0, 0.1) is 0 Å². The highest BCUT2D eigenvalue weighted by molar-refractivity contribution is 7.92. The summed E-state index contributed by atoms with van der Waals surface area (Å²) in [7, 11) is -7.69.